The minimum atomic E-state index is -0.0376. The number of hydrogen-bond acceptors (Lipinski definition) is 2. The van der Waals surface area contributed by atoms with E-state index in [4.69, 9.17) is 0 Å². The lowest BCUT2D eigenvalue weighted by Gasteiger charge is -2.23. The molecule has 0 radical (unpaired) electrons. The molecule has 0 N–H and O–H groups in total. The predicted molar refractivity (Wildman–Crippen MR) is 270 cm³/mol. The van der Waals surface area contributed by atoms with Gasteiger partial charge in [-0.2, -0.15) is 10.5 Å². The maximum atomic E-state index is 9.89. The van der Waals surface area contributed by atoms with Crippen molar-refractivity contribution in [2.45, 2.75) is 105 Å². The number of fused-ring (bicyclic) bond motifs is 6. The number of rotatable bonds is 4. The van der Waals surface area contributed by atoms with Crippen LogP contribution in [0.2, 0.25) is 0 Å². The summed E-state index contributed by atoms with van der Waals surface area (Å²) < 4.78 is 4.93. The first-order valence-electron chi connectivity index (χ1n) is 22.5. The molecule has 318 valence electrons. The fraction of sp³-hybridized carbons (Fsp3) is 0.267. The Morgan fingerprint density at radius 1 is 0.328 bits per heavy atom. The summed E-state index contributed by atoms with van der Waals surface area (Å²) in [6, 6.07) is 53.4. The molecule has 0 saturated heterocycles. The van der Waals surface area contributed by atoms with E-state index in [1.54, 1.807) is 0 Å². The summed E-state index contributed by atoms with van der Waals surface area (Å²) in [5.74, 6) is 0. The van der Waals surface area contributed by atoms with Gasteiger partial charge in [-0.15, -0.1) is 0 Å². The summed E-state index contributed by atoms with van der Waals surface area (Å²) in [7, 11) is 0. The van der Waals surface area contributed by atoms with Crippen molar-refractivity contribution in [3.8, 4) is 45.8 Å². The predicted octanol–water partition coefficient (Wildman–Crippen LogP) is 16.1. The molecule has 2 heterocycles. The molecular weight excluding hydrogens is 777 g/mol. The van der Waals surface area contributed by atoms with E-state index in [1.807, 2.05) is 24.3 Å². The molecular formula is C60H58N4. The van der Waals surface area contributed by atoms with Gasteiger partial charge >= 0.3 is 0 Å². The number of nitriles is 2. The van der Waals surface area contributed by atoms with Gasteiger partial charge < -0.3 is 9.13 Å². The smallest absolute Gasteiger partial charge is 0.0991 e. The monoisotopic (exact) mass is 834 g/mol. The van der Waals surface area contributed by atoms with Gasteiger partial charge in [-0.1, -0.05) is 132 Å². The van der Waals surface area contributed by atoms with E-state index in [1.165, 1.54) is 43.8 Å². The van der Waals surface area contributed by atoms with Gasteiger partial charge in [-0.05, 0) is 140 Å². The van der Waals surface area contributed by atoms with E-state index < -0.39 is 0 Å². The summed E-state index contributed by atoms with van der Waals surface area (Å²) >= 11 is 0. The quantitative estimate of drug-likeness (QED) is 0.177. The largest absolute Gasteiger partial charge is 0.309 e. The Morgan fingerprint density at radius 2 is 0.594 bits per heavy atom. The van der Waals surface area contributed by atoms with E-state index in [9.17, 15) is 10.5 Å². The van der Waals surface area contributed by atoms with E-state index in [-0.39, 0.29) is 21.7 Å². The molecule has 2 aromatic heterocycles. The molecule has 64 heavy (non-hydrogen) atoms. The zero-order valence-corrected chi connectivity index (χ0v) is 39.5. The number of benzene rings is 7. The van der Waals surface area contributed by atoms with Gasteiger partial charge in [0.15, 0.2) is 0 Å². The van der Waals surface area contributed by atoms with Gasteiger partial charge in [0.1, 0.15) is 0 Å². The molecule has 9 rings (SSSR count). The van der Waals surface area contributed by atoms with Gasteiger partial charge in [0, 0.05) is 32.7 Å². The highest BCUT2D eigenvalue weighted by atomic mass is 15.0. The Morgan fingerprint density at radius 3 is 0.828 bits per heavy atom. The van der Waals surface area contributed by atoms with Crippen molar-refractivity contribution >= 4 is 43.6 Å². The second-order valence-corrected chi connectivity index (χ2v) is 21.9. The lowest BCUT2D eigenvalue weighted by Crippen LogP contribution is -2.10. The summed E-state index contributed by atoms with van der Waals surface area (Å²) in [4.78, 5) is 0. The van der Waals surface area contributed by atoms with Crippen LogP contribution in [0.5, 0.6) is 0 Å². The van der Waals surface area contributed by atoms with Crippen molar-refractivity contribution in [1.82, 2.24) is 9.13 Å². The van der Waals surface area contributed by atoms with Gasteiger partial charge in [-0.25, -0.2) is 0 Å². The highest BCUT2D eigenvalue weighted by Crippen LogP contribution is 2.46. The summed E-state index contributed by atoms with van der Waals surface area (Å²) in [5.41, 5.74) is 16.9. The Bertz CT molecular complexity index is 3030. The SMILES string of the molecule is CC(C)(C)c1ccc2c(c1)c1cc(C(C)(C)C)ccc1n2-c1cc(-n2c3ccc(C(C)(C)C)cc3c3cc(C(C)(C)C)ccc32)c(-c2ccc(C#N)cc2)cc1-c1ccc(C#N)cc1. The molecule has 0 bridgehead atoms. The number of aromatic nitrogens is 2. The van der Waals surface area contributed by atoms with Crippen LogP contribution in [-0.4, -0.2) is 9.13 Å². The summed E-state index contributed by atoms with van der Waals surface area (Å²) in [6.45, 7) is 27.4. The summed E-state index contributed by atoms with van der Waals surface area (Å²) in [6.07, 6.45) is 0. The van der Waals surface area contributed by atoms with Crippen LogP contribution in [0.3, 0.4) is 0 Å². The average molecular weight is 835 g/mol. The van der Waals surface area contributed by atoms with Gasteiger partial charge in [-0.3, -0.25) is 0 Å². The highest BCUT2D eigenvalue weighted by Gasteiger charge is 2.27. The van der Waals surface area contributed by atoms with Crippen LogP contribution in [0.15, 0.2) is 133 Å². The topological polar surface area (TPSA) is 57.4 Å². The van der Waals surface area contributed by atoms with Crippen molar-refractivity contribution in [2.24, 2.45) is 0 Å². The standard InChI is InChI=1S/C60H58N4/c1-57(2,3)41-21-25-51-47(29-41)48-30-42(58(4,5)6)22-26-52(48)63(51)55-34-56(46(40-19-15-38(36-62)16-20-40)33-45(55)39-17-13-37(35-61)14-18-39)64-53-27-23-43(59(7,8)9)31-49(53)50-32-44(60(10,11)12)24-28-54(50)64/h13-34H,1-12H3. The Kier molecular flexibility index (Phi) is 9.85. The van der Waals surface area contributed by atoms with E-state index in [0.29, 0.717) is 11.1 Å². The molecule has 0 aliphatic carbocycles. The van der Waals surface area contributed by atoms with E-state index in [2.05, 4.69) is 214 Å². The molecule has 4 heteroatoms. The average Bonchev–Trinajstić information content (AvgIpc) is 3.76. The fourth-order valence-corrected chi connectivity index (χ4v) is 9.29. The van der Waals surface area contributed by atoms with Crippen molar-refractivity contribution in [3.63, 3.8) is 0 Å². The van der Waals surface area contributed by atoms with Gasteiger partial charge in [0.25, 0.3) is 0 Å². The van der Waals surface area contributed by atoms with Gasteiger partial charge in [0.05, 0.1) is 56.7 Å². The normalized spacial score (nSPS) is 12.7. The zero-order valence-electron chi connectivity index (χ0n) is 39.5. The molecule has 4 nitrogen and oxygen atoms in total. The molecule has 0 aliphatic heterocycles. The lowest BCUT2D eigenvalue weighted by molar-refractivity contribution is 0.590. The van der Waals surface area contributed by atoms with Crippen LogP contribution in [0.25, 0.3) is 77.2 Å². The lowest BCUT2D eigenvalue weighted by atomic mass is 9.85. The molecule has 0 atom stereocenters. The molecule has 0 amide bonds. The molecule has 0 unspecified atom stereocenters. The third-order valence-electron chi connectivity index (χ3n) is 13.2. The highest BCUT2D eigenvalue weighted by molar-refractivity contribution is 6.12. The molecule has 0 saturated carbocycles. The van der Waals surface area contributed by atoms with Crippen molar-refractivity contribution in [2.75, 3.05) is 0 Å². The molecule has 9 aromatic rings. The van der Waals surface area contributed by atoms with Crippen LogP contribution < -0.4 is 0 Å². The minimum Gasteiger partial charge on any atom is -0.309 e. The van der Waals surface area contributed by atoms with Crippen LogP contribution in [0, 0.1) is 22.7 Å². The zero-order chi connectivity index (χ0) is 45.7. The van der Waals surface area contributed by atoms with Crippen LogP contribution in [0.4, 0.5) is 0 Å². The second kappa shape index (κ2) is 14.9. The summed E-state index contributed by atoms with van der Waals surface area (Å²) in [5, 5.41) is 24.7. The van der Waals surface area contributed by atoms with Gasteiger partial charge in [0.2, 0.25) is 0 Å². The minimum absolute atomic E-state index is 0.0376. The van der Waals surface area contributed by atoms with Crippen LogP contribution in [0.1, 0.15) is 116 Å². The maximum Gasteiger partial charge on any atom is 0.0991 e. The third kappa shape index (κ3) is 7.26. The van der Waals surface area contributed by atoms with Crippen molar-refractivity contribution in [3.05, 3.63) is 167 Å². The Labute approximate surface area is 379 Å². The van der Waals surface area contributed by atoms with E-state index >= 15 is 0 Å². The molecule has 7 aromatic carbocycles. The fourth-order valence-electron chi connectivity index (χ4n) is 9.29. The first kappa shape index (κ1) is 42.4. The second-order valence-electron chi connectivity index (χ2n) is 21.9. The van der Waals surface area contributed by atoms with Crippen molar-refractivity contribution in [1.29, 1.82) is 10.5 Å². The first-order valence-corrected chi connectivity index (χ1v) is 22.5. The first-order chi connectivity index (χ1) is 30.1. The molecule has 0 spiro atoms. The Hall–Kier alpha value is -6.88. The molecule has 0 fully saturated rings. The number of hydrogen-bond donors (Lipinski definition) is 0. The van der Waals surface area contributed by atoms with Crippen LogP contribution in [-0.2, 0) is 21.7 Å². The van der Waals surface area contributed by atoms with Crippen LogP contribution >= 0.6 is 0 Å². The number of nitrogens with zero attached hydrogens (tertiary/aromatic N) is 4. The Balaban J connectivity index is 1.48. The van der Waals surface area contributed by atoms with E-state index in [0.717, 1.165) is 55.7 Å². The third-order valence-corrected chi connectivity index (χ3v) is 13.2. The molecule has 0 aliphatic rings. The maximum absolute atomic E-state index is 9.89. The van der Waals surface area contributed by atoms with Crippen molar-refractivity contribution < 1.29 is 0 Å².